The highest BCUT2D eigenvalue weighted by Crippen LogP contribution is 2.80. The third-order valence-corrected chi connectivity index (χ3v) is 13.0. The summed E-state index contributed by atoms with van der Waals surface area (Å²) in [6.45, 7) is 5.84. The molecule has 1 aromatic rings. The minimum atomic E-state index is -1.48. The lowest BCUT2D eigenvalue weighted by atomic mass is 9.43. The fourth-order valence-corrected chi connectivity index (χ4v) is 12.3. The third-order valence-electron chi connectivity index (χ3n) is 13.0. The Kier molecular flexibility index (Phi) is 7.27. The molecule has 1 aromatic carbocycles. The summed E-state index contributed by atoms with van der Waals surface area (Å²) in [5, 5.41) is 12.7. The number of esters is 2. The van der Waals surface area contributed by atoms with Crippen LogP contribution in [0.15, 0.2) is 30.3 Å². The summed E-state index contributed by atoms with van der Waals surface area (Å²) >= 11 is 0. The van der Waals surface area contributed by atoms with Gasteiger partial charge in [0.1, 0.15) is 17.3 Å². The third kappa shape index (κ3) is 3.58. The summed E-state index contributed by atoms with van der Waals surface area (Å²) in [6.07, 6.45) is 0.292. The number of rotatable bonds is 9. The molecule has 1 spiro atoms. The van der Waals surface area contributed by atoms with Crippen molar-refractivity contribution in [2.24, 2.45) is 34.5 Å². The molecule has 10 nitrogen and oxygen atoms in total. The SMILES string of the molecule is CCN1C[C@]2(COC)CC[C@H](OC)[C@]34C1[C@H]([C@H](OC)[C@H]23)[C@@]1(OC(C)=O)C[C@H](OC)[C@@]2(O)C[C@@H]4[C@@H]1[C@H]2OC(=O)c1ccccc1. The van der Waals surface area contributed by atoms with E-state index in [-0.39, 0.29) is 47.8 Å². The molecule has 1 unspecified atom stereocenters. The average molecular weight is 614 g/mol. The van der Waals surface area contributed by atoms with Gasteiger partial charge in [-0.1, -0.05) is 25.1 Å². The van der Waals surface area contributed by atoms with E-state index in [0.29, 0.717) is 18.6 Å². The molecule has 10 heteroatoms. The maximum Gasteiger partial charge on any atom is 0.338 e. The van der Waals surface area contributed by atoms with Crippen LogP contribution in [0.4, 0.5) is 0 Å². The summed E-state index contributed by atoms with van der Waals surface area (Å²) in [4.78, 5) is 29.5. The molecule has 0 amide bonds. The van der Waals surface area contributed by atoms with E-state index in [1.54, 1.807) is 52.7 Å². The molecule has 0 radical (unpaired) electrons. The first-order valence-electron chi connectivity index (χ1n) is 16.1. The first kappa shape index (κ1) is 30.6. The number of carbonyl (C=O) groups is 2. The van der Waals surface area contributed by atoms with Gasteiger partial charge >= 0.3 is 11.9 Å². The van der Waals surface area contributed by atoms with Gasteiger partial charge in [0.25, 0.3) is 0 Å². The van der Waals surface area contributed by atoms with Gasteiger partial charge in [-0.2, -0.15) is 0 Å². The monoisotopic (exact) mass is 613 g/mol. The molecule has 44 heavy (non-hydrogen) atoms. The number of benzene rings is 1. The maximum absolute atomic E-state index is 13.7. The molecule has 13 atom stereocenters. The number of fused-ring (bicyclic) bond motifs is 2. The van der Waals surface area contributed by atoms with Crippen LogP contribution in [-0.2, 0) is 33.2 Å². The van der Waals surface area contributed by atoms with Gasteiger partial charge in [-0.15, -0.1) is 0 Å². The molecule has 7 bridgehead atoms. The van der Waals surface area contributed by atoms with Crippen LogP contribution < -0.4 is 0 Å². The molecule has 6 fully saturated rings. The van der Waals surface area contributed by atoms with Gasteiger partial charge in [-0.3, -0.25) is 9.69 Å². The van der Waals surface area contributed by atoms with Crippen molar-refractivity contribution in [3.05, 3.63) is 35.9 Å². The van der Waals surface area contributed by atoms with E-state index in [0.717, 1.165) is 25.9 Å². The minimum absolute atomic E-state index is 0.0216. The molecule has 6 aliphatic rings. The summed E-state index contributed by atoms with van der Waals surface area (Å²) in [5.74, 6) is -1.85. The Morgan fingerprint density at radius 3 is 2.34 bits per heavy atom. The molecular weight excluding hydrogens is 566 g/mol. The lowest BCUT2D eigenvalue weighted by Crippen LogP contribution is -2.77. The largest absolute Gasteiger partial charge is 0.458 e. The van der Waals surface area contributed by atoms with Crippen molar-refractivity contribution in [3.8, 4) is 0 Å². The highest BCUT2D eigenvalue weighted by Gasteiger charge is 2.89. The smallest absolute Gasteiger partial charge is 0.338 e. The fraction of sp³-hybridized carbons (Fsp3) is 0.765. The zero-order valence-electron chi connectivity index (χ0n) is 26.7. The van der Waals surface area contributed by atoms with Crippen molar-refractivity contribution < 1.29 is 43.1 Å². The number of ether oxygens (including phenoxy) is 6. The Morgan fingerprint density at radius 2 is 1.73 bits per heavy atom. The average Bonchev–Trinajstić information content (AvgIpc) is 3.39. The lowest BCUT2D eigenvalue weighted by Gasteiger charge is -2.69. The number of nitrogens with zero attached hydrogens (tertiary/aromatic N) is 1. The number of hydrogen-bond donors (Lipinski definition) is 1. The molecule has 1 heterocycles. The quantitative estimate of drug-likeness (QED) is 0.417. The van der Waals surface area contributed by atoms with E-state index < -0.39 is 46.7 Å². The number of piperidine rings is 1. The van der Waals surface area contributed by atoms with E-state index in [1.807, 2.05) is 6.07 Å². The van der Waals surface area contributed by atoms with Crippen molar-refractivity contribution in [1.82, 2.24) is 4.90 Å². The fourth-order valence-electron chi connectivity index (χ4n) is 12.3. The van der Waals surface area contributed by atoms with E-state index in [1.165, 1.54) is 6.92 Å². The highest BCUT2D eigenvalue weighted by atomic mass is 16.6. The zero-order chi connectivity index (χ0) is 31.2. The Bertz CT molecular complexity index is 1290. The molecule has 0 aromatic heterocycles. The summed E-state index contributed by atoms with van der Waals surface area (Å²) in [5.41, 5.74) is -2.88. The van der Waals surface area contributed by atoms with Crippen molar-refractivity contribution in [2.75, 3.05) is 48.1 Å². The Labute approximate surface area is 259 Å². The normalized spacial score (nSPS) is 48.2. The van der Waals surface area contributed by atoms with Crippen LogP contribution in [0.5, 0.6) is 0 Å². The Balaban J connectivity index is 1.49. The van der Waals surface area contributed by atoms with E-state index in [2.05, 4.69) is 11.8 Å². The van der Waals surface area contributed by atoms with Crippen molar-refractivity contribution in [2.45, 2.75) is 81.2 Å². The molecule has 5 saturated carbocycles. The second kappa shape index (κ2) is 10.5. The Hall–Kier alpha value is -2.08. The van der Waals surface area contributed by atoms with Crippen molar-refractivity contribution in [1.29, 1.82) is 0 Å². The first-order chi connectivity index (χ1) is 21.1. The lowest BCUT2D eigenvalue weighted by molar-refractivity contribution is -0.287. The second-order valence-corrected chi connectivity index (χ2v) is 14.3. The number of aliphatic hydroxyl groups is 1. The van der Waals surface area contributed by atoms with Gasteiger partial charge in [0, 0.05) is 83.0 Å². The molecular formula is C34H47NO9. The van der Waals surface area contributed by atoms with Crippen LogP contribution in [0.2, 0.25) is 0 Å². The van der Waals surface area contributed by atoms with Gasteiger partial charge < -0.3 is 33.5 Å². The van der Waals surface area contributed by atoms with Crippen LogP contribution in [0.25, 0.3) is 0 Å². The van der Waals surface area contributed by atoms with Crippen LogP contribution in [0, 0.1) is 34.5 Å². The topological polar surface area (TPSA) is 113 Å². The van der Waals surface area contributed by atoms with Crippen LogP contribution >= 0.6 is 0 Å². The Morgan fingerprint density at radius 1 is 1.00 bits per heavy atom. The predicted octanol–water partition coefficient (Wildman–Crippen LogP) is 2.71. The van der Waals surface area contributed by atoms with E-state index in [9.17, 15) is 14.7 Å². The second-order valence-electron chi connectivity index (χ2n) is 14.3. The summed E-state index contributed by atoms with van der Waals surface area (Å²) < 4.78 is 38.2. The van der Waals surface area contributed by atoms with Gasteiger partial charge in [-0.05, 0) is 43.9 Å². The van der Waals surface area contributed by atoms with Crippen LogP contribution in [0.3, 0.4) is 0 Å². The standard InChI is InChI=1S/C34H47NO9/c1-7-35-17-31(18-39-3)14-13-22(40-4)34-21-15-32(38)23(41-5)16-33(44-19(2)36,25(28(34)35)26(42-6)27(31)34)24(21)29(32)43-30(37)20-11-9-8-10-12-20/h8-12,21-29,38H,7,13-18H2,1-6H3/t21-,22+,23+,24-,25+,26+,27-,28?,29-,31+,32+,33-,34+/m1/s1. The van der Waals surface area contributed by atoms with Gasteiger partial charge in [0.2, 0.25) is 0 Å². The van der Waals surface area contributed by atoms with Crippen molar-refractivity contribution in [3.63, 3.8) is 0 Å². The predicted molar refractivity (Wildman–Crippen MR) is 158 cm³/mol. The minimum Gasteiger partial charge on any atom is -0.458 e. The van der Waals surface area contributed by atoms with Gasteiger partial charge in [0.15, 0.2) is 0 Å². The molecule has 242 valence electrons. The first-order valence-corrected chi connectivity index (χ1v) is 16.1. The van der Waals surface area contributed by atoms with Crippen LogP contribution in [0.1, 0.15) is 49.9 Å². The zero-order valence-corrected chi connectivity index (χ0v) is 26.7. The van der Waals surface area contributed by atoms with E-state index >= 15 is 0 Å². The highest BCUT2D eigenvalue weighted by molar-refractivity contribution is 5.89. The summed E-state index contributed by atoms with van der Waals surface area (Å²) in [7, 11) is 6.90. The molecule has 5 aliphatic carbocycles. The number of carbonyl (C=O) groups excluding carboxylic acids is 2. The number of likely N-dealkylation sites (tertiary alicyclic amines) is 1. The number of hydrogen-bond acceptors (Lipinski definition) is 10. The molecule has 1 aliphatic heterocycles. The molecule has 7 rings (SSSR count). The van der Waals surface area contributed by atoms with Gasteiger partial charge in [0.05, 0.1) is 30.5 Å². The van der Waals surface area contributed by atoms with Crippen molar-refractivity contribution >= 4 is 11.9 Å². The molecule has 1 N–H and O–H groups in total. The maximum atomic E-state index is 13.7. The summed E-state index contributed by atoms with van der Waals surface area (Å²) in [6, 6.07) is 8.80. The van der Waals surface area contributed by atoms with Gasteiger partial charge in [-0.25, -0.2) is 4.79 Å². The number of methoxy groups -OCH3 is 4. The van der Waals surface area contributed by atoms with Crippen LogP contribution in [-0.4, -0.2) is 112 Å². The molecule has 1 saturated heterocycles. The van der Waals surface area contributed by atoms with E-state index in [4.69, 9.17) is 28.4 Å².